The largest absolute Gasteiger partial charge is 0.465 e. The molecule has 0 saturated heterocycles. The molecule has 1 amide bonds. The lowest BCUT2D eigenvalue weighted by Crippen LogP contribution is -2.37. The van der Waals surface area contributed by atoms with Crippen molar-refractivity contribution in [2.45, 2.75) is 19.4 Å². The molecule has 1 aliphatic heterocycles. The molecule has 1 aliphatic rings. The van der Waals surface area contributed by atoms with Crippen LogP contribution in [0, 0.1) is 0 Å². The number of benzene rings is 1. The summed E-state index contributed by atoms with van der Waals surface area (Å²) in [6, 6.07) is 7.72. The van der Waals surface area contributed by atoms with Gasteiger partial charge in [0.15, 0.2) is 0 Å². The number of amides is 1. The smallest absolute Gasteiger partial charge is 0.339 e. The van der Waals surface area contributed by atoms with Crippen LogP contribution in [-0.2, 0) is 28.9 Å². The standard InChI is InChI=1S/C18H17BrN2O3/c1-24-18(23)15-10-20-9-13-11-21(7-6-14(13)15)17(22)8-12-4-2-3-5-16(12)19/h2-5,9-10H,6-8,11H2,1H3. The van der Waals surface area contributed by atoms with Crippen molar-refractivity contribution >= 4 is 27.8 Å². The number of esters is 1. The van der Waals surface area contributed by atoms with Gasteiger partial charge in [-0.25, -0.2) is 4.79 Å². The number of aromatic nitrogens is 1. The van der Waals surface area contributed by atoms with E-state index in [-0.39, 0.29) is 11.9 Å². The van der Waals surface area contributed by atoms with Crippen LogP contribution < -0.4 is 0 Å². The van der Waals surface area contributed by atoms with Crippen molar-refractivity contribution in [3.8, 4) is 0 Å². The van der Waals surface area contributed by atoms with Gasteiger partial charge in [0.25, 0.3) is 0 Å². The lowest BCUT2D eigenvalue weighted by Gasteiger charge is -2.29. The summed E-state index contributed by atoms with van der Waals surface area (Å²) in [5, 5.41) is 0. The molecular formula is C18H17BrN2O3. The zero-order valence-corrected chi connectivity index (χ0v) is 14.9. The van der Waals surface area contributed by atoms with Crippen LogP contribution in [-0.4, -0.2) is 35.4 Å². The van der Waals surface area contributed by atoms with E-state index in [2.05, 4.69) is 20.9 Å². The van der Waals surface area contributed by atoms with E-state index in [0.717, 1.165) is 21.2 Å². The Hall–Kier alpha value is -2.21. The van der Waals surface area contributed by atoms with Gasteiger partial charge >= 0.3 is 5.97 Å². The Labute approximate surface area is 148 Å². The first-order chi connectivity index (χ1) is 11.6. The second kappa shape index (κ2) is 7.13. The Bertz CT molecular complexity index is 792. The maximum atomic E-state index is 12.6. The van der Waals surface area contributed by atoms with E-state index in [1.807, 2.05) is 29.2 Å². The van der Waals surface area contributed by atoms with Gasteiger partial charge in [0.05, 0.1) is 19.1 Å². The molecule has 2 aromatic rings. The van der Waals surface area contributed by atoms with E-state index < -0.39 is 0 Å². The highest BCUT2D eigenvalue weighted by atomic mass is 79.9. The normalized spacial score (nSPS) is 13.3. The molecule has 0 unspecified atom stereocenters. The lowest BCUT2D eigenvalue weighted by molar-refractivity contribution is -0.131. The molecule has 1 aromatic heterocycles. The van der Waals surface area contributed by atoms with Gasteiger partial charge in [0.1, 0.15) is 0 Å². The van der Waals surface area contributed by atoms with Crippen molar-refractivity contribution in [1.29, 1.82) is 0 Å². The van der Waals surface area contributed by atoms with Crippen LogP contribution in [0.2, 0.25) is 0 Å². The number of rotatable bonds is 3. The van der Waals surface area contributed by atoms with Gasteiger partial charge < -0.3 is 9.64 Å². The van der Waals surface area contributed by atoms with Gasteiger partial charge in [-0.3, -0.25) is 9.78 Å². The molecule has 0 aliphatic carbocycles. The van der Waals surface area contributed by atoms with E-state index in [4.69, 9.17) is 4.74 Å². The van der Waals surface area contributed by atoms with Crippen LogP contribution in [0.5, 0.6) is 0 Å². The minimum Gasteiger partial charge on any atom is -0.465 e. The Kier molecular flexibility index (Phi) is 4.94. The van der Waals surface area contributed by atoms with Gasteiger partial charge in [0, 0.05) is 30.0 Å². The maximum absolute atomic E-state index is 12.6. The Balaban J connectivity index is 1.77. The van der Waals surface area contributed by atoms with Crippen molar-refractivity contribution in [2.75, 3.05) is 13.7 Å². The van der Waals surface area contributed by atoms with Crippen molar-refractivity contribution < 1.29 is 14.3 Å². The number of fused-ring (bicyclic) bond motifs is 1. The fourth-order valence-corrected chi connectivity index (χ4v) is 3.33. The highest BCUT2D eigenvalue weighted by molar-refractivity contribution is 9.10. The number of ether oxygens (including phenoxy) is 1. The van der Waals surface area contributed by atoms with E-state index in [9.17, 15) is 9.59 Å². The summed E-state index contributed by atoms with van der Waals surface area (Å²) in [6.07, 6.45) is 4.23. The molecule has 3 rings (SSSR count). The van der Waals surface area contributed by atoms with Crippen LogP contribution in [0.1, 0.15) is 27.0 Å². The fourth-order valence-electron chi connectivity index (χ4n) is 2.91. The third kappa shape index (κ3) is 3.33. The molecule has 0 spiro atoms. The van der Waals surface area contributed by atoms with Gasteiger partial charge in [-0.2, -0.15) is 0 Å². The molecule has 0 N–H and O–H groups in total. The van der Waals surface area contributed by atoms with Crippen LogP contribution >= 0.6 is 15.9 Å². The third-order valence-electron chi connectivity index (χ3n) is 4.20. The average molecular weight is 389 g/mol. The first-order valence-corrected chi connectivity index (χ1v) is 8.44. The molecule has 2 heterocycles. The van der Waals surface area contributed by atoms with Gasteiger partial charge in [0.2, 0.25) is 5.91 Å². The molecule has 124 valence electrons. The molecular weight excluding hydrogens is 372 g/mol. The number of hydrogen-bond donors (Lipinski definition) is 0. The predicted molar refractivity (Wildman–Crippen MR) is 92.5 cm³/mol. The van der Waals surface area contributed by atoms with Crippen LogP contribution in [0.4, 0.5) is 0 Å². The first-order valence-electron chi connectivity index (χ1n) is 7.65. The Morgan fingerprint density at radius 2 is 2.08 bits per heavy atom. The number of pyridine rings is 1. The zero-order valence-electron chi connectivity index (χ0n) is 13.3. The number of methoxy groups -OCH3 is 1. The number of carbonyl (C=O) groups is 2. The topological polar surface area (TPSA) is 59.5 Å². The molecule has 0 radical (unpaired) electrons. The average Bonchev–Trinajstić information content (AvgIpc) is 2.62. The summed E-state index contributed by atoms with van der Waals surface area (Å²) in [5.41, 5.74) is 3.30. The highest BCUT2D eigenvalue weighted by Gasteiger charge is 2.25. The van der Waals surface area contributed by atoms with Crippen molar-refractivity contribution in [2.24, 2.45) is 0 Å². The molecule has 5 nitrogen and oxygen atoms in total. The number of halogens is 1. The predicted octanol–water partition coefficient (Wildman–Crippen LogP) is 2.76. The SMILES string of the molecule is COC(=O)c1cncc2c1CCN(C(=O)Cc1ccccc1Br)C2. The lowest BCUT2D eigenvalue weighted by atomic mass is 9.96. The zero-order chi connectivity index (χ0) is 17.1. The number of hydrogen-bond acceptors (Lipinski definition) is 4. The summed E-state index contributed by atoms with van der Waals surface area (Å²) in [6.45, 7) is 1.06. The summed E-state index contributed by atoms with van der Waals surface area (Å²) >= 11 is 3.48. The highest BCUT2D eigenvalue weighted by Crippen LogP contribution is 2.24. The van der Waals surface area contributed by atoms with Gasteiger partial charge in [-0.05, 0) is 29.2 Å². The van der Waals surface area contributed by atoms with Gasteiger partial charge in [-0.15, -0.1) is 0 Å². The summed E-state index contributed by atoms with van der Waals surface area (Å²) in [7, 11) is 1.36. The second-order valence-corrected chi connectivity index (χ2v) is 6.50. The van der Waals surface area contributed by atoms with E-state index in [1.54, 1.807) is 6.20 Å². The third-order valence-corrected chi connectivity index (χ3v) is 4.97. The molecule has 1 aromatic carbocycles. The molecule has 24 heavy (non-hydrogen) atoms. The maximum Gasteiger partial charge on any atom is 0.339 e. The van der Waals surface area contributed by atoms with E-state index in [1.165, 1.54) is 13.3 Å². The minimum atomic E-state index is -0.382. The first kappa shape index (κ1) is 16.6. The van der Waals surface area contributed by atoms with Crippen LogP contribution in [0.25, 0.3) is 0 Å². The van der Waals surface area contributed by atoms with Crippen LogP contribution in [0.3, 0.4) is 0 Å². The Morgan fingerprint density at radius 3 is 2.83 bits per heavy atom. The van der Waals surface area contributed by atoms with Crippen molar-refractivity contribution in [1.82, 2.24) is 9.88 Å². The monoisotopic (exact) mass is 388 g/mol. The Morgan fingerprint density at radius 1 is 1.29 bits per heavy atom. The minimum absolute atomic E-state index is 0.0658. The van der Waals surface area contributed by atoms with E-state index >= 15 is 0 Å². The summed E-state index contributed by atoms with van der Waals surface area (Å²) in [5.74, 6) is -0.316. The quantitative estimate of drug-likeness (QED) is 0.758. The molecule has 0 saturated carbocycles. The number of carbonyl (C=O) groups excluding carboxylic acids is 2. The summed E-state index contributed by atoms with van der Waals surface area (Å²) in [4.78, 5) is 30.4. The van der Waals surface area contributed by atoms with Crippen molar-refractivity contribution in [3.63, 3.8) is 0 Å². The summed E-state index contributed by atoms with van der Waals surface area (Å²) < 4.78 is 5.74. The van der Waals surface area contributed by atoms with Crippen LogP contribution in [0.15, 0.2) is 41.1 Å². The second-order valence-electron chi connectivity index (χ2n) is 5.65. The van der Waals surface area contributed by atoms with Crippen molar-refractivity contribution in [3.05, 3.63) is 63.4 Å². The molecule has 0 bridgehead atoms. The fraction of sp³-hybridized carbons (Fsp3) is 0.278. The van der Waals surface area contributed by atoms with Gasteiger partial charge in [-0.1, -0.05) is 34.1 Å². The molecule has 0 fully saturated rings. The molecule has 0 atom stereocenters. The molecule has 6 heteroatoms. The number of nitrogens with zero attached hydrogens (tertiary/aromatic N) is 2. The van der Waals surface area contributed by atoms with E-state index in [0.29, 0.717) is 31.5 Å².